The van der Waals surface area contributed by atoms with Crippen LogP contribution in [-0.2, 0) is 0 Å². The molecule has 0 radical (unpaired) electrons. The molecular formula is C25H28FN2OS+. The molecule has 2 heterocycles. The van der Waals surface area contributed by atoms with Crippen molar-refractivity contribution in [1.29, 1.82) is 0 Å². The molecule has 1 saturated heterocycles. The highest BCUT2D eigenvalue weighted by Crippen LogP contribution is 2.38. The smallest absolute Gasteiger partial charge is 0.256 e. The van der Waals surface area contributed by atoms with E-state index in [0.717, 1.165) is 23.7 Å². The number of amides is 1. The van der Waals surface area contributed by atoms with Gasteiger partial charge in [-0.05, 0) is 75.1 Å². The topological polar surface area (TPSA) is 33.5 Å². The van der Waals surface area contributed by atoms with E-state index in [-0.39, 0.29) is 17.8 Å². The van der Waals surface area contributed by atoms with Crippen LogP contribution in [0.5, 0.6) is 0 Å². The minimum Gasteiger partial charge on any atom is -0.325 e. The summed E-state index contributed by atoms with van der Waals surface area (Å²) in [6.07, 6.45) is 3.65. The van der Waals surface area contributed by atoms with Crippen molar-refractivity contribution < 1.29 is 14.1 Å². The van der Waals surface area contributed by atoms with Gasteiger partial charge in [-0.15, -0.1) is 11.3 Å². The number of carbonyl (C=O) groups excluding carboxylic acids is 1. The van der Waals surface area contributed by atoms with Crippen molar-refractivity contribution in [2.75, 3.05) is 18.4 Å². The third kappa shape index (κ3) is 4.32. The van der Waals surface area contributed by atoms with Gasteiger partial charge < -0.3 is 10.2 Å². The number of halogens is 1. The molecule has 0 spiro atoms. The van der Waals surface area contributed by atoms with E-state index in [0.29, 0.717) is 5.56 Å². The number of likely N-dealkylation sites (tertiary alicyclic amines) is 1. The van der Waals surface area contributed by atoms with Crippen LogP contribution < -0.4 is 10.2 Å². The summed E-state index contributed by atoms with van der Waals surface area (Å²) >= 11 is 1.63. The van der Waals surface area contributed by atoms with Crippen molar-refractivity contribution in [1.82, 2.24) is 0 Å². The number of benzene rings is 2. The number of thiophene rings is 1. The monoisotopic (exact) mass is 423 g/mol. The van der Waals surface area contributed by atoms with E-state index in [1.165, 1.54) is 40.2 Å². The predicted molar refractivity (Wildman–Crippen MR) is 121 cm³/mol. The number of piperidine rings is 1. The Morgan fingerprint density at radius 2 is 1.67 bits per heavy atom. The quantitative estimate of drug-likeness (QED) is 0.600. The molecule has 1 atom stereocenters. The van der Waals surface area contributed by atoms with Crippen molar-refractivity contribution in [2.24, 2.45) is 0 Å². The Balaban J connectivity index is 1.76. The van der Waals surface area contributed by atoms with Gasteiger partial charge >= 0.3 is 0 Å². The molecule has 1 aliphatic rings. The van der Waals surface area contributed by atoms with E-state index in [1.807, 2.05) is 42.5 Å². The van der Waals surface area contributed by atoms with Gasteiger partial charge in [0.1, 0.15) is 16.9 Å². The molecule has 5 heteroatoms. The highest BCUT2D eigenvalue weighted by atomic mass is 32.1. The summed E-state index contributed by atoms with van der Waals surface area (Å²) in [5, 5.41) is 4.09. The fourth-order valence-electron chi connectivity index (χ4n) is 4.41. The average molecular weight is 424 g/mol. The van der Waals surface area contributed by atoms with Crippen LogP contribution in [0.3, 0.4) is 0 Å². The van der Waals surface area contributed by atoms with E-state index in [9.17, 15) is 9.18 Å². The van der Waals surface area contributed by atoms with Gasteiger partial charge in [-0.3, -0.25) is 4.79 Å². The molecule has 1 aromatic heterocycles. The zero-order chi connectivity index (χ0) is 21.1. The molecule has 1 fully saturated rings. The Labute approximate surface area is 181 Å². The van der Waals surface area contributed by atoms with Crippen LogP contribution in [0.2, 0.25) is 0 Å². The number of aryl methyl sites for hydroxylation is 1. The zero-order valence-corrected chi connectivity index (χ0v) is 18.3. The van der Waals surface area contributed by atoms with Gasteiger partial charge in [-0.1, -0.05) is 18.2 Å². The molecule has 2 aromatic carbocycles. The van der Waals surface area contributed by atoms with Crippen molar-refractivity contribution >= 4 is 22.2 Å². The van der Waals surface area contributed by atoms with Crippen LogP contribution in [-0.4, -0.2) is 19.0 Å². The Morgan fingerprint density at radius 3 is 2.33 bits per heavy atom. The maximum absolute atomic E-state index is 13.7. The van der Waals surface area contributed by atoms with Gasteiger partial charge in [0.05, 0.1) is 18.7 Å². The van der Waals surface area contributed by atoms with Gasteiger partial charge in [0.15, 0.2) is 0 Å². The highest BCUT2D eigenvalue weighted by molar-refractivity contribution is 7.16. The van der Waals surface area contributed by atoms with Crippen molar-refractivity contribution in [3.63, 3.8) is 0 Å². The lowest BCUT2D eigenvalue weighted by atomic mass is 9.93. The summed E-state index contributed by atoms with van der Waals surface area (Å²) in [5.41, 5.74) is 4.14. The fourth-order valence-corrected chi connectivity index (χ4v) is 5.50. The molecule has 3 aromatic rings. The van der Waals surface area contributed by atoms with E-state index in [1.54, 1.807) is 23.5 Å². The van der Waals surface area contributed by atoms with E-state index in [4.69, 9.17) is 0 Å². The molecule has 0 bridgehead atoms. The molecule has 0 aliphatic carbocycles. The van der Waals surface area contributed by atoms with Crippen LogP contribution in [0.25, 0.3) is 0 Å². The lowest BCUT2D eigenvalue weighted by molar-refractivity contribution is -0.930. The third-order valence-corrected chi connectivity index (χ3v) is 7.23. The van der Waals surface area contributed by atoms with Crippen molar-refractivity contribution in [3.8, 4) is 0 Å². The molecule has 1 aliphatic heterocycles. The Hall–Kier alpha value is -2.50. The lowest BCUT2D eigenvalue weighted by Crippen LogP contribution is -3.13. The molecular weight excluding hydrogens is 395 g/mol. The van der Waals surface area contributed by atoms with E-state index >= 15 is 0 Å². The SMILES string of the molecule is Cc1sc(NC(=O)c2ccccc2)c([C@@H](c2ccc(F)cc2)[NH+]2CCCCC2)c1C. The van der Waals surface area contributed by atoms with Crippen LogP contribution in [0, 0.1) is 19.7 Å². The number of hydrogen-bond acceptors (Lipinski definition) is 2. The Morgan fingerprint density at radius 1 is 1.00 bits per heavy atom. The second kappa shape index (κ2) is 9.11. The standard InChI is InChI=1S/C25H27FN2OS/c1-17-18(2)30-25(27-24(29)20-9-5-3-6-10-20)22(17)23(28-15-7-4-8-16-28)19-11-13-21(26)14-12-19/h3,5-6,9-14,23H,4,7-8,15-16H2,1-2H3,(H,27,29)/p+1/t23-/m1/s1. The fraction of sp³-hybridized carbons (Fsp3) is 0.320. The summed E-state index contributed by atoms with van der Waals surface area (Å²) in [5.74, 6) is -0.313. The molecule has 0 unspecified atom stereocenters. The second-order valence-electron chi connectivity index (χ2n) is 8.05. The maximum atomic E-state index is 13.7. The summed E-state index contributed by atoms with van der Waals surface area (Å²) in [6.45, 7) is 6.42. The first-order chi connectivity index (χ1) is 14.5. The molecule has 156 valence electrons. The first-order valence-corrected chi connectivity index (χ1v) is 11.4. The van der Waals surface area contributed by atoms with Crippen LogP contribution in [0.15, 0.2) is 54.6 Å². The number of hydrogen-bond donors (Lipinski definition) is 2. The molecule has 0 saturated carbocycles. The zero-order valence-electron chi connectivity index (χ0n) is 17.5. The third-order valence-electron chi connectivity index (χ3n) is 6.09. The van der Waals surface area contributed by atoms with E-state index in [2.05, 4.69) is 19.2 Å². The number of quaternary nitrogens is 1. The Kier molecular flexibility index (Phi) is 6.30. The molecule has 2 N–H and O–H groups in total. The second-order valence-corrected chi connectivity index (χ2v) is 9.27. The summed E-state index contributed by atoms with van der Waals surface area (Å²) < 4.78 is 13.7. The number of rotatable bonds is 5. The predicted octanol–water partition coefficient (Wildman–Crippen LogP) is 4.91. The van der Waals surface area contributed by atoms with Gasteiger partial charge in [0, 0.05) is 16.0 Å². The summed E-state index contributed by atoms with van der Waals surface area (Å²) in [6, 6.07) is 16.3. The van der Waals surface area contributed by atoms with Crippen molar-refractivity contribution in [2.45, 2.75) is 39.2 Å². The van der Waals surface area contributed by atoms with Crippen LogP contribution in [0.1, 0.15) is 57.2 Å². The largest absolute Gasteiger partial charge is 0.325 e. The molecule has 30 heavy (non-hydrogen) atoms. The van der Waals surface area contributed by atoms with Crippen LogP contribution in [0.4, 0.5) is 9.39 Å². The summed E-state index contributed by atoms with van der Waals surface area (Å²) in [4.78, 5) is 15.6. The minimum absolute atomic E-state index is 0.0851. The first-order valence-electron chi connectivity index (χ1n) is 10.6. The van der Waals surface area contributed by atoms with Crippen LogP contribution >= 0.6 is 11.3 Å². The number of anilines is 1. The maximum Gasteiger partial charge on any atom is 0.256 e. The lowest BCUT2D eigenvalue weighted by Gasteiger charge is -2.33. The number of nitrogens with one attached hydrogen (secondary N) is 2. The van der Waals surface area contributed by atoms with Gasteiger partial charge in [-0.2, -0.15) is 0 Å². The highest BCUT2D eigenvalue weighted by Gasteiger charge is 2.33. The van der Waals surface area contributed by atoms with E-state index < -0.39 is 0 Å². The average Bonchev–Trinajstić information content (AvgIpc) is 3.04. The molecule has 3 nitrogen and oxygen atoms in total. The molecule has 4 rings (SSSR count). The minimum atomic E-state index is -0.220. The van der Waals surface area contributed by atoms with Gasteiger partial charge in [-0.25, -0.2) is 4.39 Å². The van der Waals surface area contributed by atoms with Crippen molar-refractivity contribution in [3.05, 3.63) is 87.5 Å². The number of carbonyl (C=O) groups is 1. The Bertz CT molecular complexity index is 1010. The normalized spacial score (nSPS) is 15.7. The molecule has 1 amide bonds. The van der Waals surface area contributed by atoms with Gasteiger partial charge in [0.25, 0.3) is 5.91 Å². The summed E-state index contributed by atoms with van der Waals surface area (Å²) in [7, 11) is 0. The van der Waals surface area contributed by atoms with Gasteiger partial charge in [0.2, 0.25) is 0 Å². The first kappa shape index (κ1) is 20.8.